The van der Waals surface area contributed by atoms with Gasteiger partial charge in [-0.3, -0.25) is 4.79 Å². The van der Waals surface area contributed by atoms with Crippen LogP contribution in [-0.2, 0) is 4.74 Å². The van der Waals surface area contributed by atoms with Gasteiger partial charge in [0, 0.05) is 25.3 Å². The van der Waals surface area contributed by atoms with Gasteiger partial charge in [-0.25, -0.2) is 0 Å². The SMILES string of the molecule is CCCCOCCCNC(=O)c1c(C)noc1-c1ccccc1C. The lowest BCUT2D eigenvalue weighted by Gasteiger charge is -2.07. The van der Waals surface area contributed by atoms with E-state index in [0.29, 0.717) is 30.2 Å². The van der Waals surface area contributed by atoms with Crippen molar-refractivity contribution in [3.05, 3.63) is 41.1 Å². The van der Waals surface area contributed by atoms with Crippen molar-refractivity contribution >= 4 is 5.91 Å². The first-order valence-electron chi connectivity index (χ1n) is 8.53. The molecule has 1 N–H and O–H groups in total. The molecule has 0 unspecified atom stereocenters. The van der Waals surface area contributed by atoms with Crippen LogP contribution in [0.2, 0.25) is 0 Å². The highest BCUT2D eigenvalue weighted by atomic mass is 16.5. The highest BCUT2D eigenvalue weighted by Gasteiger charge is 2.22. The first-order chi connectivity index (χ1) is 11.6. The largest absolute Gasteiger partial charge is 0.381 e. The van der Waals surface area contributed by atoms with Crippen LogP contribution in [0.1, 0.15) is 47.8 Å². The molecule has 2 rings (SSSR count). The minimum Gasteiger partial charge on any atom is -0.381 e. The first-order valence-corrected chi connectivity index (χ1v) is 8.53. The zero-order valence-corrected chi connectivity index (χ0v) is 14.7. The fourth-order valence-electron chi connectivity index (χ4n) is 2.46. The third-order valence-corrected chi connectivity index (χ3v) is 3.87. The fourth-order valence-corrected chi connectivity index (χ4v) is 2.46. The lowest BCUT2D eigenvalue weighted by atomic mass is 10.0. The van der Waals surface area contributed by atoms with Crippen molar-refractivity contribution in [3.8, 4) is 11.3 Å². The number of hydrogen-bond donors (Lipinski definition) is 1. The smallest absolute Gasteiger partial charge is 0.257 e. The maximum atomic E-state index is 12.5. The molecule has 0 aliphatic heterocycles. The van der Waals surface area contributed by atoms with Crippen LogP contribution in [-0.4, -0.2) is 30.8 Å². The molecule has 1 heterocycles. The maximum Gasteiger partial charge on any atom is 0.257 e. The van der Waals surface area contributed by atoms with Gasteiger partial charge in [-0.2, -0.15) is 0 Å². The molecule has 0 aliphatic carbocycles. The van der Waals surface area contributed by atoms with E-state index in [2.05, 4.69) is 17.4 Å². The molecule has 0 bridgehead atoms. The number of aromatic nitrogens is 1. The molecule has 1 aromatic heterocycles. The summed E-state index contributed by atoms with van der Waals surface area (Å²) in [6.07, 6.45) is 3.00. The second-order valence-electron chi connectivity index (χ2n) is 5.86. The van der Waals surface area contributed by atoms with Crippen molar-refractivity contribution in [1.29, 1.82) is 0 Å². The van der Waals surface area contributed by atoms with Crippen LogP contribution in [0.3, 0.4) is 0 Å². The third-order valence-electron chi connectivity index (χ3n) is 3.87. The molecule has 5 heteroatoms. The fraction of sp³-hybridized carbons (Fsp3) is 0.474. The standard InChI is InChI=1S/C19H26N2O3/c1-4-5-12-23-13-8-11-20-19(22)17-15(3)21-24-18(17)16-10-7-6-9-14(16)2/h6-7,9-10H,4-5,8,11-13H2,1-3H3,(H,20,22). The number of rotatable bonds is 9. The van der Waals surface area contributed by atoms with Crippen molar-refractivity contribution in [3.63, 3.8) is 0 Å². The highest BCUT2D eigenvalue weighted by Crippen LogP contribution is 2.28. The van der Waals surface area contributed by atoms with Gasteiger partial charge in [-0.1, -0.05) is 42.8 Å². The number of ether oxygens (including phenoxy) is 1. The number of unbranched alkanes of at least 4 members (excludes halogenated alkanes) is 1. The van der Waals surface area contributed by atoms with Gasteiger partial charge < -0.3 is 14.6 Å². The van der Waals surface area contributed by atoms with Crippen LogP contribution in [0, 0.1) is 13.8 Å². The second-order valence-corrected chi connectivity index (χ2v) is 5.86. The molecule has 24 heavy (non-hydrogen) atoms. The van der Waals surface area contributed by atoms with Gasteiger partial charge in [0.1, 0.15) is 5.56 Å². The Hall–Kier alpha value is -2.14. The lowest BCUT2D eigenvalue weighted by molar-refractivity contribution is 0.0940. The Kier molecular flexibility index (Phi) is 7.00. The molecule has 130 valence electrons. The first kappa shape index (κ1) is 18.2. The van der Waals surface area contributed by atoms with Gasteiger partial charge >= 0.3 is 0 Å². The molecule has 1 aromatic carbocycles. The Morgan fingerprint density at radius 1 is 1.21 bits per heavy atom. The van der Waals surface area contributed by atoms with Gasteiger partial charge in [0.2, 0.25) is 0 Å². The number of aryl methyl sites for hydroxylation is 2. The zero-order chi connectivity index (χ0) is 17.4. The van der Waals surface area contributed by atoms with E-state index >= 15 is 0 Å². The van der Waals surface area contributed by atoms with Gasteiger partial charge in [-0.05, 0) is 32.3 Å². The minimum atomic E-state index is -0.152. The van der Waals surface area contributed by atoms with E-state index in [1.165, 1.54) is 0 Å². The van der Waals surface area contributed by atoms with Gasteiger partial charge in [0.25, 0.3) is 5.91 Å². The number of amides is 1. The van der Waals surface area contributed by atoms with E-state index in [9.17, 15) is 4.79 Å². The van der Waals surface area contributed by atoms with Gasteiger partial charge in [-0.15, -0.1) is 0 Å². The minimum absolute atomic E-state index is 0.152. The Morgan fingerprint density at radius 2 is 1.96 bits per heavy atom. The number of nitrogens with one attached hydrogen (secondary N) is 1. The predicted molar refractivity (Wildman–Crippen MR) is 94.1 cm³/mol. The number of hydrogen-bond acceptors (Lipinski definition) is 4. The highest BCUT2D eigenvalue weighted by molar-refractivity contribution is 6.00. The van der Waals surface area contributed by atoms with E-state index in [4.69, 9.17) is 9.26 Å². The Labute approximate surface area is 143 Å². The summed E-state index contributed by atoms with van der Waals surface area (Å²) in [5, 5.41) is 6.90. The second kappa shape index (κ2) is 9.23. The molecule has 0 aliphatic rings. The number of benzene rings is 1. The van der Waals surface area contributed by atoms with E-state index in [1.54, 1.807) is 6.92 Å². The number of carbonyl (C=O) groups is 1. The maximum absolute atomic E-state index is 12.5. The summed E-state index contributed by atoms with van der Waals surface area (Å²) in [5.74, 6) is 0.378. The van der Waals surface area contributed by atoms with Crippen LogP contribution >= 0.6 is 0 Å². The van der Waals surface area contributed by atoms with Crippen LogP contribution in [0.4, 0.5) is 0 Å². The summed E-state index contributed by atoms with van der Waals surface area (Å²) in [6.45, 7) is 7.93. The van der Waals surface area contributed by atoms with Crippen molar-refractivity contribution in [2.45, 2.75) is 40.0 Å². The molecule has 0 radical (unpaired) electrons. The third kappa shape index (κ3) is 4.68. The molecular weight excluding hydrogens is 304 g/mol. The summed E-state index contributed by atoms with van der Waals surface area (Å²) < 4.78 is 10.9. The summed E-state index contributed by atoms with van der Waals surface area (Å²) in [4.78, 5) is 12.5. The summed E-state index contributed by atoms with van der Waals surface area (Å²) in [6, 6.07) is 7.81. The molecular formula is C19H26N2O3. The summed E-state index contributed by atoms with van der Waals surface area (Å²) in [7, 11) is 0. The van der Waals surface area contributed by atoms with E-state index < -0.39 is 0 Å². The molecule has 5 nitrogen and oxygen atoms in total. The average Bonchev–Trinajstić information content (AvgIpc) is 2.96. The molecule has 1 amide bonds. The van der Waals surface area contributed by atoms with Crippen LogP contribution in [0.5, 0.6) is 0 Å². The lowest BCUT2D eigenvalue weighted by Crippen LogP contribution is -2.26. The van der Waals surface area contributed by atoms with E-state index in [1.807, 2.05) is 31.2 Å². The monoisotopic (exact) mass is 330 g/mol. The molecule has 0 saturated heterocycles. The van der Waals surface area contributed by atoms with Crippen LogP contribution in [0.15, 0.2) is 28.8 Å². The Balaban J connectivity index is 1.96. The average molecular weight is 330 g/mol. The molecule has 0 spiro atoms. The van der Waals surface area contributed by atoms with E-state index in [0.717, 1.165) is 37.0 Å². The van der Waals surface area contributed by atoms with Crippen molar-refractivity contribution in [2.24, 2.45) is 0 Å². The summed E-state index contributed by atoms with van der Waals surface area (Å²) >= 11 is 0. The van der Waals surface area contributed by atoms with Crippen LogP contribution in [0.25, 0.3) is 11.3 Å². The summed E-state index contributed by atoms with van der Waals surface area (Å²) in [5.41, 5.74) is 3.05. The number of nitrogens with zero attached hydrogens (tertiary/aromatic N) is 1. The Morgan fingerprint density at radius 3 is 2.71 bits per heavy atom. The van der Waals surface area contributed by atoms with Crippen molar-refractivity contribution in [2.75, 3.05) is 19.8 Å². The quantitative estimate of drug-likeness (QED) is 0.708. The molecule has 2 aromatic rings. The van der Waals surface area contributed by atoms with Crippen LogP contribution < -0.4 is 5.32 Å². The molecule has 0 fully saturated rings. The molecule has 0 atom stereocenters. The topological polar surface area (TPSA) is 64.4 Å². The zero-order valence-electron chi connectivity index (χ0n) is 14.7. The van der Waals surface area contributed by atoms with Crippen molar-refractivity contribution < 1.29 is 14.1 Å². The number of carbonyl (C=O) groups excluding carboxylic acids is 1. The molecule has 0 saturated carbocycles. The Bertz CT molecular complexity index is 664. The normalized spacial score (nSPS) is 10.8. The predicted octanol–water partition coefficient (Wildman–Crippen LogP) is 3.90. The van der Waals surface area contributed by atoms with E-state index in [-0.39, 0.29) is 5.91 Å². The van der Waals surface area contributed by atoms with Gasteiger partial charge in [0.15, 0.2) is 5.76 Å². The van der Waals surface area contributed by atoms with Gasteiger partial charge in [0.05, 0.1) is 5.69 Å². The van der Waals surface area contributed by atoms with Crippen molar-refractivity contribution in [1.82, 2.24) is 10.5 Å².